The fourth-order valence-corrected chi connectivity index (χ4v) is 5.79. The first-order chi connectivity index (χ1) is 16.4. The van der Waals surface area contributed by atoms with E-state index in [-0.39, 0.29) is 35.6 Å². The first-order valence-corrected chi connectivity index (χ1v) is 13.4. The number of carbonyl (C=O) groups is 2. The summed E-state index contributed by atoms with van der Waals surface area (Å²) in [6.07, 6.45) is 2.68. The second kappa shape index (κ2) is 9.38. The summed E-state index contributed by atoms with van der Waals surface area (Å²) < 4.78 is 28.2. The van der Waals surface area contributed by atoms with Crippen LogP contribution in [0.5, 0.6) is 0 Å². The van der Waals surface area contributed by atoms with E-state index in [1.54, 1.807) is 28.0 Å². The average molecular weight is 483 g/mol. The molecule has 180 valence electrons. The molecule has 2 aromatic rings. The lowest BCUT2D eigenvalue weighted by Crippen LogP contribution is -2.49. The topological polar surface area (TPSA) is 90.0 Å². The molecule has 0 aromatic heterocycles. The van der Waals surface area contributed by atoms with Crippen LogP contribution in [0.3, 0.4) is 0 Å². The summed E-state index contributed by atoms with van der Waals surface area (Å²) in [5.41, 5.74) is 2.85. The molecule has 0 radical (unpaired) electrons. The zero-order chi connectivity index (χ0) is 23.7. The Bertz CT molecular complexity index is 1170. The van der Waals surface area contributed by atoms with Crippen molar-refractivity contribution >= 4 is 33.2 Å². The number of nitrogens with one attached hydrogen (secondary N) is 1. The zero-order valence-electron chi connectivity index (χ0n) is 19.2. The van der Waals surface area contributed by atoms with E-state index in [9.17, 15) is 18.0 Å². The summed E-state index contributed by atoms with van der Waals surface area (Å²) in [5, 5.41) is 0. The van der Waals surface area contributed by atoms with E-state index in [0.29, 0.717) is 26.1 Å². The Morgan fingerprint density at radius 2 is 1.68 bits per heavy atom. The van der Waals surface area contributed by atoms with E-state index in [1.165, 1.54) is 0 Å². The molecule has 0 bridgehead atoms. The molecule has 5 rings (SSSR count). The number of carbonyl (C=O) groups excluding carboxylic acids is 2. The molecule has 2 amide bonds. The quantitative estimate of drug-likeness (QED) is 0.652. The Morgan fingerprint density at radius 1 is 0.941 bits per heavy atom. The van der Waals surface area contributed by atoms with Gasteiger partial charge in [0.15, 0.2) is 0 Å². The Hall–Kier alpha value is -2.91. The lowest BCUT2D eigenvalue weighted by molar-refractivity contribution is -0.131. The molecule has 2 heterocycles. The number of fused-ring (bicyclic) bond motifs is 1. The van der Waals surface area contributed by atoms with Crippen molar-refractivity contribution in [3.8, 4) is 0 Å². The number of para-hydroxylation sites is 1. The summed E-state index contributed by atoms with van der Waals surface area (Å²) in [5.74, 6) is 0.240. The summed E-state index contributed by atoms with van der Waals surface area (Å²) in [6.45, 7) is 3.44. The molecule has 34 heavy (non-hydrogen) atoms. The molecule has 9 heteroatoms. The van der Waals surface area contributed by atoms with Crippen LogP contribution in [-0.4, -0.2) is 64.4 Å². The van der Waals surface area contributed by atoms with Crippen molar-refractivity contribution in [1.29, 1.82) is 0 Å². The fourth-order valence-electron chi connectivity index (χ4n) is 4.71. The summed E-state index contributed by atoms with van der Waals surface area (Å²) >= 11 is 0. The largest absolute Gasteiger partial charge is 0.368 e. The molecule has 1 saturated heterocycles. The van der Waals surface area contributed by atoms with Gasteiger partial charge in [0, 0.05) is 63.0 Å². The van der Waals surface area contributed by atoms with Gasteiger partial charge in [-0.15, -0.1) is 0 Å². The minimum absolute atomic E-state index is 0.0430. The standard InChI is InChI=1S/C25H30N4O4S/c30-24(28-16-14-27(15-17-28)21-4-2-1-3-5-21)10-12-26-34(32,33)22-8-9-23-20(18-22)11-13-29(23)25(31)19-6-7-19/h1-5,8-9,18-19,26H,6-7,10-17H2. The predicted octanol–water partition coefficient (Wildman–Crippen LogP) is 2.00. The van der Waals surface area contributed by atoms with Crippen LogP contribution in [-0.2, 0) is 26.0 Å². The first-order valence-electron chi connectivity index (χ1n) is 11.9. The minimum atomic E-state index is -3.73. The number of hydrogen-bond donors (Lipinski definition) is 1. The molecule has 1 N–H and O–H groups in total. The Morgan fingerprint density at radius 3 is 2.38 bits per heavy atom. The van der Waals surface area contributed by atoms with Gasteiger partial charge in [-0.25, -0.2) is 13.1 Å². The van der Waals surface area contributed by atoms with E-state index in [1.807, 2.05) is 18.2 Å². The van der Waals surface area contributed by atoms with Crippen LogP contribution in [0.4, 0.5) is 11.4 Å². The van der Waals surface area contributed by atoms with Gasteiger partial charge in [-0.3, -0.25) is 9.59 Å². The molecule has 0 atom stereocenters. The van der Waals surface area contributed by atoms with Crippen molar-refractivity contribution in [1.82, 2.24) is 9.62 Å². The monoisotopic (exact) mass is 482 g/mol. The van der Waals surface area contributed by atoms with E-state index < -0.39 is 10.0 Å². The predicted molar refractivity (Wildman–Crippen MR) is 130 cm³/mol. The molecule has 8 nitrogen and oxygen atoms in total. The number of rotatable bonds is 7. The maximum absolute atomic E-state index is 12.8. The highest BCUT2D eigenvalue weighted by molar-refractivity contribution is 7.89. The molecule has 0 spiro atoms. The van der Waals surface area contributed by atoms with Gasteiger partial charge in [-0.2, -0.15) is 0 Å². The van der Waals surface area contributed by atoms with Gasteiger partial charge in [-0.1, -0.05) is 18.2 Å². The smallest absolute Gasteiger partial charge is 0.240 e. The molecule has 1 aliphatic carbocycles. The number of amides is 2. The fraction of sp³-hybridized carbons (Fsp3) is 0.440. The van der Waals surface area contributed by atoms with Crippen LogP contribution >= 0.6 is 0 Å². The Labute approximate surface area is 200 Å². The number of hydrogen-bond acceptors (Lipinski definition) is 5. The van der Waals surface area contributed by atoms with Gasteiger partial charge < -0.3 is 14.7 Å². The minimum Gasteiger partial charge on any atom is -0.368 e. The molecular weight excluding hydrogens is 452 g/mol. The van der Waals surface area contributed by atoms with E-state index in [2.05, 4.69) is 21.8 Å². The van der Waals surface area contributed by atoms with Gasteiger partial charge in [0.05, 0.1) is 4.90 Å². The van der Waals surface area contributed by atoms with Crippen LogP contribution in [0.1, 0.15) is 24.8 Å². The second-order valence-electron chi connectivity index (χ2n) is 9.16. The molecule has 3 aliphatic rings. The molecule has 2 aromatic carbocycles. The number of benzene rings is 2. The summed E-state index contributed by atoms with van der Waals surface area (Å²) in [6, 6.07) is 15.0. The van der Waals surface area contributed by atoms with Gasteiger partial charge in [0.25, 0.3) is 0 Å². The zero-order valence-corrected chi connectivity index (χ0v) is 20.0. The van der Waals surface area contributed by atoms with Crippen LogP contribution in [0.2, 0.25) is 0 Å². The van der Waals surface area contributed by atoms with Crippen molar-refractivity contribution in [2.75, 3.05) is 49.1 Å². The third-order valence-corrected chi connectivity index (χ3v) is 8.29. The SMILES string of the molecule is O=C(CCNS(=O)(=O)c1ccc2c(c1)CCN2C(=O)C1CC1)N1CCN(c2ccccc2)CC1. The van der Waals surface area contributed by atoms with E-state index in [0.717, 1.165) is 42.9 Å². The third-order valence-electron chi connectivity index (χ3n) is 6.83. The molecule has 0 unspecified atom stereocenters. The van der Waals surface area contributed by atoms with Crippen molar-refractivity contribution in [3.63, 3.8) is 0 Å². The summed E-state index contributed by atoms with van der Waals surface area (Å²) in [7, 11) is -3.73. The van der Waals surface area contributed by atoms with Crippen molar-refractivity contribution < 1.29 is 18.0 Å². The van der Waals surface area contributed by atoms with Crippen LogP contribution < -0.4 is 14.5 Å². The van der Waals surface area contributed by atoms with Gasteiger partial charge in [-0.05, 0) is 55.2 Å². The highest BCUT2D eigenvalue weighted by Crippen LogP contribution is 2.37. The molecule has 2 fully saturated rings. The highest BCUT2D eigenvalue weighted by Gasteiger charge is 2.36. The number of sulfonamides is 1. The first kappa shape index (κ1) is 22.9. The van der Waals surface area contributed by atoms with Crippen LogP contribution in [0, 0.1) is 5.92 Å². The number of nitrogens with zero attached hydrogens (tertiary/aromatic N) is 3. The molecular formula is C25H30N4O4S. The summed E-state index contributed by atoms with van der Waals surface area (Å²) in [4.78, 5) is 31.1. The van der Waals surface area contributed by atoms with Crippen molar-refractivity contribution in [2.45, 2.75) is 30.6 Å². The Kier molecular flexibility index (Phi) is 6.31. The molecule has 2 aliphatic heterocycles. The molecule has 1 saturated carbocycles. The van der Waals surface area contributed by atoms with Crippen molar-refractivity contribution in [3.05, 3.63) is 54.1 Å². The van der Waals surface area contributed by atoms with Gasteiger partial charge in [0.1, 0.15) is 0 Å². The van der Waals surface area contributed by atoms with Gasteiger partial charge in [0.2, 0.25) is 21.8 Å². The van der Waals surface area contributed by atoms with Crippen LogP contribution in [0.25, 0.3) is 0 Å². The normalized spacial score (nSPS) is 18.2. The Balaban J connectivity index is 1.12. The third kappa shape index (κ3) is 4.81. The van der Waals surface area contributed by atoms with Crippen LogP contribution in [0.15, 0.2) is 53.4 Å². The van der Waals surface area contributed by atoms with Crippen molar-refractivity contribution in [2.24, 2.45) is 5.92 Å². The average Bonchev–Trinajstić information content (AvgIpc) is 3.63. The van der Waals surface area contributed by atoms with Gasteiger partial charge >= 0.3 is 0 Å². The van der Waals surface area contributed by atoms with E-state index in [4.69, 9.17) is 0 Å². The van der Waals surface area contributed by atoms with E-state index >= 15 is 0 Å². The number of piperazine rings is 1. The maximum Gasteiger partial charge on any atom is 0.240 e. The highest BCUT2D eigenvalue weighted by atomic mass is 32.2. The lowest BCUT2D eigenvalue weighted by Gasteiger charge is -2.36. The second-order valence-corrected chi connectivity index (χ2v) is 10.9. The lowest BCUT2D eigenvalue weighted by atomic mass is 10.2. The maximum atomic E-state index is 12.8. The number of anilines is 2.